The van der Waals surface area contributed by atoms with Crippen LogP contribution in [0.2, 0.25) is 0 Å². The number of rotatable bonds is 8. The number of nitrogens with one attached hydrogen (secondary N) is 1. The molecule has 3 nitrogen and oxygen atoms in total. The third kappa shape index (κ3) is 6.67. The van der Waals surface area contributed by atoms with Gasteiger partial charge < -0.3 is 5.32 Å². The fraction of sp³-hybridized carbons (Fsp3) is 0.381. The summed E-state index contributed by atoms with van der Waals surface area (Å²) in [5.41, 5.74) is 2.08. The van der Waals surface area contributed by atoms with Gasteiger partial charge in [0.15, 0.2) is 0 Å². The van der Waals surface area contributed by atoms with E-state index in [1.54, 1.807) is 12.1 Å². The van der Waals surface area contributed by atoms with Crippen molar-refractivity contribution in [1.29, 1.82) is 0 Å². The Morgan fingerprint density at radius 1 is 1.00 bits per heavy atom. The zero-order chi connectivity index (χ0) is 18.2. The molecule has 0 aliphatic carbocycles. The minimum Gasteiger partial charge on any atom is -0.352 e. The molecule has 0 saturated heterocycles. The van der Waals surface area contributed by atoms with Gasteiger partial charge >= 0.3 is 0 Å². The molecule has 2 aromatic carbocycles. The molecule has 1 unspecified atom stereocenters. The van der Waals surface area contributed by atoms with E-state index in [4.69, 9.17) is 0 Å². The Bertz CT molecular complexity index is 655. The number of hydrogen-bond donors (Lipinski definition) is 1. The quantitative estimate of drug-likeness (QED) is 0.792. The zero-order valence-corrected chi connectivity index (χ0v) is 15.2. The second-order valence-electron chi connectivity index (χ2n) is 6.78. The van der Waals surface area contributed by atoms with E-state index in [1.807, 2.05) is 25.1 Å². The number of carbonyl (C=O) groups excluding carboxylic acids is 1. The van der Waals surface area contributed by atoms with E-state index in [0.717, 1.165) is 18.7 Å². The molecule has 1 amide bonds. The molecule has 4 heteroatoms. The number of hydrogen-bond acceptors (Lipinski definition) is 2. The summed E-state index contributed by atoms with van der Waals surface area (Å²) in [6.07, 6.45) is 0.269. The summed E-state index contributed by atoms with van der Waals surface area (Å²) in [7, 11) is 0. The summed E-state index contributed by atoms with van der Waals surface area (Å²) >= 11 is 0. The number of benzene rings is 2. The molecule has 0 bridgehead atoms. The average Bonchev–Trinajstić information content (AvgIpc) is 2.57. The topological polar surface area (TPSA) is 32.3 Å². The monoisotopic (exact) mass is 342 g/mol. The molecule has 2 aromatic rings. The molecule has 134 valence electrons. The third-order valence-electron chi connectivity index (χ3n) is 4.15. The molecule has 0 aliphatic heterocycles. The molecule has 1 atom stereocenters. The van der Waals surface area contributed by atoms with Crippen LogP contribution in [-0.2, 0) is 17.8 Å². The smallest absolute Gasteiger partial charge is 0.224 e. The first kappa shape index (κ1) is 19.1. The van der Waals surface area contributed by atoms with Crippen LogP contribution in [0, 0.1) is 5.82 Å². The number of amides is 1. The normalized spacial score (nSPS) is 12.4. The highest BCUT2D eigenvalue weighted by atomic mass is 19.1. The van der Waals surface area contributed by atoms with Crippen LogP contribution in [0.15, 0.2) is 54.6 Å². The fourth-order valence-electron chi connectivity index (χ4n) is 2.79. The van der Waals surface area contributed by atoms with E-state index in [2.05, 4.69) is 36.2 Å². The second-order valence-corrected chi connectivity index (χ2v) is 6.78. The van der Waals surface area contributed by atoms with Crippen molar-refractivity contribution in [1.82, 2.24) is 10.2 Å². The Labute approximate surface area is 149 Å². The summed E-state index contributed by atoms with van der Waals surface area (Å²) in [6, 6.07) is 16.8. The molecule has 0 fully saturated rings. The Kier molecular flexibility index (Phi) is 7.14. The van der Waals surface area contributed by atoms with Gasteiger partial charge in [-0.2, -0.15) is 0 Å². The molecule has 0 aromatic heterocycles. The highest BCUT2D eigenvalue weighted by molar-refractivity contribution is 5.78. The maximum absolute atomic E-state index is 12.9. The first-order valence-electron chi connectivity index (χ1n) is 8.76. The Morgan fingerprint density at radius 3 is 2.24 bits per heavy atom. The number of carbonyl (C=O) groups is 1. The van der Waals surface area contributed by atoms with Gasteiger partial charge in [0.05, 0.1) is 6.42 Å². The van der Waals surface area contributed by atoms with Crippen LogP contribution in [0.25, 0.3) is 0 Å². The molecular weight excluding hydrogens is 315 g/mol. The van der Waals surface area contributed by atoms with Crippen LogP contribution in [0.4, 0.5) is 4.39 Å². The molecule has 0 saturated carbocycles. The maximum atomic E-state index is 12.9. The second kappa shape index (κ2) is 9.33. The first-order valence-corrected chi connectivity index (χ1v) is 8.76. The Hall–Kier alpha value is -2.20. The molecule has 25 heavy (non-hydrogen) atoms. The molecule has 2 rings (SSSR count). The van der Waals surface area contributed by atoms with Crippen LogP contribution in [0.1, 0.15) is 31.9 Å². The zero-order valence-electron chi connectivity index (χ0n) is 15.2. The largest absolute Gasteiger partial charge is 0.352 e. The third-order valence-corrected chi connectivity index (χ3v) is 4.15. The van der Waals surface area contributed by atoms with Gasteiger partial charge in [0.25, 0.3) is 0 Å². The molecule has 0 aliphatic rings. The van der Waals surface area contributed by atoms with Crippen LogP contribution in [-0.4, -0.2) is 29.4 Å². The summed E-state index contributed by atoms with van der Waals surface area (Å²) in [5.74, 6) is -0.325. The summed E-state index contributed by atoms with van der Waals surface area (Å²) in [4.78, 5) is 14.5. The highest BCUT2D eigenvalue weighted by Gasteiger charge is 2.16. The van der Waals surface area contributed by atoms with Crippen molar-refractivity contribution < 1.29 is 9.18 Å². The summed E-state index contributed by atoms with van der Waals surface area (Å²) in [5, 5.41) is 3.04. The van der Waals surface area contributed by atoms with Gasteiger partial charge in [-0.15, -0.1) is 0 Å². The van der Waals surface area contributed by atoms with Crippen molar-refractivity contribution in [2.75, 3.05) is 6.54 Å². The fourth-order valence-corrected chi connectivity index (χ4v) is 2.79. The maximum Gasteiger partial charge on any atom is 0.224 e. The van der Waals surface area contributed by atoms with Crippen molar-refractivity contribution in [3.63, 3.8) is 0 Å². The van der Waals surface area contributed by atoms with Gasteiger partial charge in [0.1, 0.15) is 5.82 Å². The van der Waals surface area contributed by atoms with Gasteiger partial charge in [-0.1, -0.05) is 42.5 Å². The van der Waals surface area contributed by atoms with E-state index in [1.165, 1.54) is 17.7 Å². The van der Waals surface area contributed by atoms with Gasteiger partial charge in [0, 0.05) is 25.2 Å². The molecule has 0 spiro atoms. The number of nitrogens with zero attached hydrogens (tertiary/aromatic N) is 1. The van der Waals surface area contributed by atoms with Gasteiger partial charge in [-0.05, 0) is 44.0 Å². The lowest BCUT2D eigenvalue weighted by Crippen LogP contribution is -2.44. The lowest BCUT2D eigenvalue weighted by Gasteiger charge is -2.29. The van der Waals surface area contributed by atoms with Crippen LogP contribution < -0.4 is 5.32 Å². The minimum atomic E-state index is -0.286. The lowest BCUT2D eigenvalue weighted by molar-refractivity contribution is -0.121. The molecule has 1 N–H and O–H groups in total. The SMILES string of the molecule is CC(CN(Cc1ccccc1)C(C)C)NC(=O)Cc1ccc(F)cc1. The predicted octanol–water partition coefficient (Wildman–Crippen LogP) is 3.78. The van der Waals surface area contributed by atoms with Crippen molar-refractivity contribution in [3.05, 3.63) is 71.5 Å². The standard InChI is InChI=1S/C21H27FN2O/c1-16(2)24(15-19-7-5-4-6-8-19)14-17(3)23-21(25)13-18-9-11-20(22)12-10-18/h4-12,16-17H,13-15H2,1-3H3,(H,23,25). The van der Waals surface area contributed by atoms with Gasteiger partial charge in [-0.3, -0.25) is 9.69 Å². The van der Waals surface area contributed by atoms with Crippen LogP contribution in [0.3, 0.4) is 0 Å². The van der Waals surface area contributed by atoms with E-state index in [9.17, 15) is 9.18 Å². The van der Waals surface area contributed by atoms with Gasteiger partial charge in [-0.25, -0.2) is 4.39 Å². The van der Waals surface area contributed by atoms with Crippen molar-refractivity contribution in [2.24, 2.45) is 0 Å². The number of halogens is 1. The Morgan fingerprint density at radius 2 is 1.64 bits per heavy atom. The molecule has 0 heterocycles. The van der Waals surface area contributed by atoms with Crippen molar-refractivity contribution >= 4 is 5.91 Å². The highest BCUT2D eigenvalue weighted by Crippen LogP contribution is 2.09. The van der Waals surface area contributed by atoms with Crippen LogP contribution >= 0.6 is 0 Å². The predicted molar refractivity (Wildman–Crippen MR) is 99.7 cm³/mol. The lowest BCUT2D eigenvalue weighted by atomic mass is 10.1. The van der Waals surface area contributed by atoms with Crippen LogP contribution in [0.5, 0.6) is 0 Å². The Balaban J connectivity index is 1.86. The first-order chi connectivity index (χ1) is 11.9. The van der Waals surface area contributed by atoms with E-state index in [-0.39, 0.29) is 24.2 Å². The minimum absolute atomic E-state index is 0.0393. The van der Waals surface area contributed by atoms with E-state index >= 15 is 0 Å². The molecule has 0 radical (unpaired) electrons. The summed E-state index contributed by atoms with van der Waals surface area (Å²) in [6.45, 7) is 7.98. The molecular formula is C21H27FN2O. The van der Waals surface area contributed by atoms with Crippen molar-refractivity contribution in [2.45, 2.75) is 45.8 Å². The van der Waals surface area contributed by atoms with E-state index in [0.29, 0.717) is 6.04 Å². The van der Waals surface area contributed by atoms with Gasteiger partial charge in [0.2, 0.25) is 5.91 Å². The average molecular weight is 342 g/mol. The van der Waals surface area contributed by atoms with E-state index < -0.39 is 0 Å². The summed E-state index contributed by atoms with van der Waals surface area (Å²) < 4.78 is 12.9. The van der Waals surface area contributed by atoms with Crippen molar-refractivity contribution in [3.8, 4) is 0 Å².